The molecule has 1 aliphatic rings. The monoisotopic (exact) mass is 405 g/mol. The van der Waals surface area contributed by atoms with E-state index in [2.05, 4.69) is 5.10 Å². The summed E-state index contributed by atoms with van der Waals surface area (Å²) >= 11 is 0. The Kier molecular flexibility index (Phi) is 5.20. The molecule has 0 spiro atoms. The molecule has 1 saturated heterocycles. The lowest BCUT2D eigenvalue weighted by Gasteiger charge is -2.34. The maximum absolute atomic E-state index is 13.5. The minimum absolute atomic E-state index is 0.114. The van der Waals surface area contributed by atoms with E-state index in [0.29, 0.717) is 32.0 Å². The first-order chi connectivity index (χ1) is 12.6. The van der Waals surface area contributed by atoms with E-state index in [1.807, 2.05) is 13.1 Å². The molecule has 0 saturated carbocycles. The van der Waals surface area contributed by atoms with Crippen LogP contribution in [0.3, 0.4) is 0 Å². The van der Waals surface area contributed by atoms with E-state index in [9.17, 15) is 26.0 Å². The van der Waals surface area contributed by atoms with E-state index >= 15 is 0 Å². The fraction of sp³-hybridized carbons (Fsp3) is 0.471. The van der Waals surface area contributed by atoms with Crippen LogP contribution in [-0.2, 0) is 16.4 Å². The van der Waals surface area contributed by atoms with E-state index in [-0.39, 0.29) is 11.6 Å². The van der Waals surface area contributed by atoms with Crippen molar-refractivity contribution >= 4 is 15.5 Å². The second-order valence-electron chi connectivity index (χ2n) is 6.45. The molecule has 0 unspecified atom stereocenters. The van der Waals surface area contributed by atoms with Crippen LogP contribution >= 0.6 is 0 Å². The van der Waals surface area contributed by atoms with Gasteiger partial charge < -0.3 is 4.90 Å². The van der Waals surface area contributed by atoms with Crippen LogP contribution in [0.5, 0.6) is 0 Å². The zero-order valence-corrected chi connectivity index (χ0v) is 15.4. The lowest BCUT2D eigenvalue weighted by atomic mass is 9.91. The summed E-state index contributed by atoms with van der Waals surface area (Å²) in [4.78, 5) is 0.533. The fourth-order valence-corrected chi connectivity index (χ4v) is 4.30. The predicted octanol–water partition coefficient (Wildman–Crippen LogP) is 3.72. The maximum Gasteiger partial charge on any atom is 0.501 e. The molecule has 27 heavy (non-hydrogen) atoms. The lowest BCUT2D eigenvalue weighted by molar-refractivity contribution is -0.0435. The Morgan fingerprint density at radius 1 is 1.22 bits per heavy atom. The Morgan fingerprint density at radius 2 is 1.89 bits per heavy atom. The summed E-state index contributed by atoms with van der Waals surface area (Å²) in [5.41, 5.74) is -4.54. The van der Waals surface area contributed by atoms with Crippen molar-refractivity contribution in [3.8, 4) is 0 Å². The van der Waals surface area contributed by atoms with E-state index in [1.165, 1.54) is 0 Å². The Bertz CT molecular complexity index is 917. The number of piperidine rings is 1. The summed E-state index contributed by atoms with van der Waals surface area (Å²) in [7, 11) is -5.64. The van der Waals surface area contributed by atoms with Crippen LogP contribution in [0.1, 0.15) is 31.2 Å². The summed E-state index contributed by atoms with van der Waals surface area (Å²) in [6, 6.07) is 2.51. The third kappa shape index (κ3) is 3.80. The molecule has 0 radical (unpaired) electrons. The van der Waals surface area contributed by atoms with E-state index < -0.39 is 26.1 Å². The normalized spacial score (nSPS) is 16.7. The number of hydrogen-bond acceptors (Lipinski definition) is 4. The number of aromatic nitrogens is 2. The number of benzene rings is 1. The highest BCUT2D eigenvalue weighted by molar-refractivity contribution is 7.92. The number of rotatable bonds is 4. The molecule has 0 atom stereocenters. The maximum atomic E-state index is 13.5. The highest BCUT2D eigenvalue weighted by atomic mass is 32.2. The molecule has 0 N–H and O–H groups in total. The van der Waals surface area contributed by atoms with E-state index in [0.717, 1.165) is 24.2 Å². The number of anilines is 1. The van der Waals surface area contributed by atoms with Crippen LogP contribution in [0.25, 0.3) is 0 Å². The molecule has 0 amide bonds. The second-order valence-corrected chi connectivity index (χ2v) is 8.36. The Hall–Kier alpha value is -2.10. The molecule has 148 valence electrons. The molecule has 2 heterocycles. The average Bonchev–Trinajstić information content (AvgIpc) is 3.10. The van der Waals surface area contributed by atoms with Crippen LogP contribution in [0.4, 0.5) is 23.2 Å². The van der Waals surface area contributed by atoms with Crippen molar-refractivity contribution in [1.82, 2.24) is 9.78 Å². The fourth-order valence-electron chi connectivity index (χ4n) is 3.31. The zero-order chi connectivity index (χ0) is 19.8. The third-order valence-electron chi connectivity index (χ3n) is 4.80. The van der Waals surface area contributed by atoms with Gasteiger partial charge in [-0.05, 0) is 49.4 Å². The van der Waals surface area contributed by atoms with Crippen LogP contribution in [0.15, 0.2) is 35.5 Å². The summed E-state index contributed by atoms with van der Waals surface area (Å²) in [5.74, 6) is -0.826. The summed E-state index contributed by atoms with van der Waals surface area (Å²) in [5, 5.41) is 4.23. The minimum atomic E-state index is -5.64. The van der Waals surface area contributed by atoms with Gasteiger partial charge in [-0.2, -0.15) is 18.3 Å². The van der Waals surface area contributed by atoms with Crippen molar-refractivity contribution in [2.45, 2.75) is 42.6 Å². The quantitative estimate of drug-likeness (QED) is 0.728. The van der Waals surface area contributed by atoms with Gasteiger partial charge >= 0.3 is 5.51 Å². The number of sulfone groups is 1. The number of hydrogen-bond donors (Lipinski definition) is 0. The molecule has 0 bridgehead atoms. The SMILES string of the molecule is CCn1cc(C2CCN(c3ccc(F)cc3S(=O)(=O)C(F)(F)F)CC2)cn1. The smallest absolute Gasteiger partial charge is 0.370 e. The zero-order valence-electron chi connectivity index (χ0n) is 14.6. The number of alkyl halides is 3. The Morgan fingerprint density at radius 3 is 2.44 bits per heavy atom. The second kappa shape index (κ2) is 7.14. The first-order valence-electron chi connectivity index (χ1n) is 8.51. The van der Waals surface area contributed by atoms with Gasteiger partial charge in [0.2, 0.25) is 0 Å². The first kappa shape index (κ1) is 19.7. The Labute approximate surface area is 154 Å². The highest BCUT2D eigenvalue weighted by Crippen LogP contribution is 2.38. The van der Waals surface area contributed by atoms with Crippen molar-refractivity contribution in [2.24, 2.45) is 0 Å². The molecular formula is C17H19F4N3O2S. The van der Waals surface area contributed by atoms with Gasteiger partial charge in [-0.1, -0.05) is 0 Å². The standard InChI is InChI=1S/C17H19F4N3O2S/c1-2-24-11-13(10-22-24)12-5-7-23(8-6-12)15-4-3-14(18)9-16(15)27(25,26)17(19,20)21/h3-4,9-12H,2,5-8H2,1H3. The molecular weight excluding hydrogens is 386 g/mol. The molecule has 1 aromatic heterocycles. The summed E-state index contributed by atoms with van der Waals surface area (Å²) in [6.07, 6.45) is 5.00. The predicted molar refractivity (Wildman–Crippen MR) is 91.7 cm³/mol. The van der Waals surface area contributed by atoms with Crippen LogP contribution in [-0.4, -0.2) is 36.8 Å². The van der Waals surface area contributed by atoms with Crippen LogP contribution in [0, 0.1) is 5.82 Å². The number of nitrogens with zero attached hydrogens (tertiary/aromatic N) is 3. The van der Waals surface area contributed by atoms with Crippen molar-refractivity contribution in [3.05, 3.63) is 42.0 Å². The van der Waals surface area contributed by atoms with Gasteiger partial charge in [0.25, 0.3) is 9.84 Å². The van der Waals surface area contributed by atoms with Crippen molar-refractivity contribution in [3.63, 3.8) is 0 Å². The summed E-state index contributed by atoms with van der Waals surface area (Å²) < 4.78 is 78.0. The van der Waals surface area contributed by atoms with Crippen molar-refractivity contribution in [2.75, 3.05) is 18.0 Å². The van der Waals surface area contributed by atoms with Crippen molar-refractivity contribution < 1.29 is 26.0 Å². The molecule has 1 aliphatic heterocycles. The van der Waals surface area contributed by atoms with Gasteiger partial charge in [-0.25, -0.2) is 12.8 Å². The van der Waals surface area contributed by atoms with E-state index in [1.54, 1.807) is 15.8 Å². The Balaban J connectivity index is 1.84. The van der Waals surface area contributed by atoms with Crippen molar-refractivity contribution in [1.29, 1.82) is 0 Å². The van der Waals surface area contributed by atoms with Crippen LogP contribution in [0.2, 0.25) is 0 Å². The van der Waals surface area contributed by atoms with Gasteiger partial charge in [0.1, 0.15) is 10.7 Å². The van der Waals surface area contributed by atoms with Gasteiger partial charge in [-0.3, -0.25) is 4.68 Å². The largest absolute Gasteiger partial charge is 0.501 e. The van der Waals surface area contributed by atoms with Gasteiger partial charge in [0, 0.05) is 25.8 Å². The molecule has 5 nitrogen and oxygen atoms in total. The molecule has 1 aromatic carbocycles. The van der Waals surface area contributed by atoms with Gasteiger partial charge in [0.15, 0.2) is 0 Å². The molecule has 2 aromatic rings. The number of halogens is 4. The molecule has 10 heteroatoms. The van der Waals surface area contributed by atoms with Crippen LogP contribution < -0.4 is 4.90 Å². The first-order valence-corrected chi connectivity index (χ1v) is 10.00. The lowest BCUT2D eigenvalue weighted by Crippen LogP contribution is -2.35. The van der Waals surface area contributed by atoms with Gasteiger partial charge in [0.05, 0.1) is 11.9 Å². The molecule has 3 rings (SSSR count). The topological polar surface area (TPSA) is 55.2 Å². The van der Waals surface area contributed by atoms with Gasteiger partial charge in [-0.15, -0.1) is 0 Å². The van der Waals surface area contributed by atoms with E-state index in [4.69, 9.17) is 0 Å². The minimum Gasteiger partial charge on any atom is -0.370 e. The third-order valence-corrected chi connectivity index (χ3v) is 6.32. The number of aryl methyl sites for hydroxylation is 1. The highest BCUT2D eigenvalue weighted by Gasteiger charge is 2.48. The summed E-state index contributed by atoms with van der Waals surface area (Å²) in [6.45, 7) is 3.45. The molecule has 0 aliphatic carbocycles. The molecule has 1 fully saturated rings. The average molecular weight is 405 g/mol.